The summed E-state index contributed by atoms with van der Waals surface area (Å²) in [5.41, 5.74) is 1.36. The average molecular weight is 409 g/mol. The van der Waals surface area contributed by atoms with E-state index in [-0.39, 0.29) is 23.4 Å². The summed E-state index contributed by atoms with van der Waals surface area (Å²) in [5.74, 6) is -0.121. The summed E-state index contributed by atoms with van der Waals surface area (Å²) in [5, 5.41) is 3.44. The van der Waals surface area contributed by atoms with Gasteiger partial charge in [0.1, 0.15) is 0 Å². The van der Waals surface area contributed by atoms with Gasteiger partial charge in [-0.25, -0.2) is 8.42 Å². The zero-order valence-electron chi connectivity index (χ0n) is 15.8. The Morgan fingerprint density at radius 1 is 1.11 bits per heavy atom. The summed E-state index contributed by atoms with van der Waals surface area (Å²) in [6, 6.07) is 13.2. The average Bonchev–Trinajstić information content (AvgIpc) is 2.62. The van der Waals surface area contributed by atoms with Crippen molar-refractivity contribution < 1.29 is 13.2 Å². The first-order valence-electron chi connectivity index (χ1n) is 8.85. The molecule has 1 amide bonds. The smallest absolute Gasteiger partial charge is 0.251 e. The fourth-order valence-corrected chi connectivity index (χ4v) is 3.99. The number of sulfonamides is 1. The van der Waals surface area contributed by atoms with Gasteiger partial charge in [-0.3, -0.25) is 4.79 Å². The van der Waals surface area contributed by atoms with E-state index in [1.807, 2.05) is 6.92 Å². The van der Waals surface area contributed by atoms with Crippen LogP contribution in [0.4, 0.5) is 0 Å². The normalized spacial score (nSPS) is 12.8. The third-order valence-electron chi connectivity index (χ3n) is 4.24. The first-order chi connectivity index (χ1) is 12.7. The lowest BCUT2D eigenvalue weighted by Gasteiger charge is -2.18. The summed E-state index contributed by atoms with van der Waals surface area (Å²) < 4.78 is 26.5. The minimum Gasteiger partial charge on any atom is -0.350 e. The molecule has 2 rings (SSSR count). The zero-order chi connectivity index (χ0) is 20.0. The van der Waals surface area contributed by atoms with Crippen molar-refractivity contribution >= 4 is 27.5 Å². The Labute approximate surface area is 166 Å². The molecule has 0 saturated heterocycles. The maximum absolute atomic E-state index is 12.6. The lowest BCUT2D eigenvalue weighted by molar-refractivity contribution is 0.0938. The van der Waals surface area contributed by atoms with E-state index >= 15 is 0 Å². The molecule has 0 radical (unpaired) electrons. The Morgan fingerprint density at radius 3 is 2.26 bits per heavy atom. The number of amides is 1. The van der Waals surface area contributed by atoms with Gasteiger partial charge in [0.25, 0.3) is 5.91 Å². The molecule has 0 aromatic heterocycles. The minimum absolute atomic E-state index is 0.121. The van der Waals surface area contributed by atoms with Gasteiger partial charge in [0.15, 0.2) is 0 Å². The van der Waals surface area contributed by atoms with Crippen molar-refractivity contribution in [2.45, 2.75) is 44.2 Å². The number of carbonyl (C=O) groups excluding carboxylic acids is 1. The van der Waals surface area contributed by atoms with E-state index in [0.29, 0.717) is 10.6 Å². The van der Waals surface area contributed by atoms with Gasteiger partial charge in [-0.2, -0.15) is 4.31 Å². The predicted octanol–water partition coefficient (Wildman–Crippen LogP) is 4.08. The first-order valence-corrected chi connectivity index (χ1v) is 10.7. The summed E-state index contributed by atoms with van der Waals surface area (Å²) in [4.78, 5) is 12.4. The molecule has 2 aromatic rings. The molecule has 27 heavy (non-hydrogen) atoms. The van der Waals surface area contributed by atoms with Gasteiger partial charge in [-0.1, -0.05) is 37.1 Å². The number of carbonyl (C=O) groups is 1. The maximum atomic E-state index is 12.6. The monoisotopic (exact) mass is 408 g/mol. The molecule has 0 heterocycles. The fourth-order valence-electron chi connectivity index (χ4n) is 2.70. The van der Waals surface area contributed by atoms with Crippen LogP contribution in [0.1, 0.15) is 42.6 Å². The Hall–Kier alpha value is -1.89. The summed E-state index contributed by atoms with van der Waals surface area (Å²) >= 11 is 5.82. The molecule has 2 aromatic carbocycles. The Balaban J connectivity index is 2.05. The van der Waals surface area contributed by atoms with E-state index in [4.69, 9.17) is 11.6 Å². The molecule has 1 atom stereocenters. The van der Waals surface area contributed by atoms with Gasteiger partial charge in [0, 0.05) is 30.2 Å². The number of benzene rings is 2. The molecule has 1 N–H and O–H groups in total. The van der Waals surface area contributed by atoms with Crippen LogP contribution in [-0.2, 0) is 16.6 Å². The fraction of sp³-hybridized carbons (Fsp3) is 0.350. The van der Waals surface area contributed by atoms with Crippen LogP contribution in [0, 0.1) is 0 Å². The van der Waals surface area contributed by atoms with Crippen molar-refractivity contribution in [3.05, 3.63) is 64.7 Å². The van der Waals surface area contributed by atoms with E-state index in [9.17, 15) is 13.2 Å². The van der Waals surface area contributed by atoms with E-state index in [1.54, 1.807) is 36.4 Å². The third-order valence-corrected chi connectivity index (χ3v) is 6.31. The molecule has 0 fully saturated rings. The van der Waals surface area contributed by atoms with Crippen LogP contribution in [0.15, 0.2) is 53.4 Å². The highest BCUT2D eigenvalue weighted by molar-refractivity contribution is 7.89. The zero-order valence-corrected chi connectivity index (χ0v) is 17.3. The second-order valence-electron chi connectivity index (χ2n) is 6.58. The van der Waals surface area contributed by atoms with Crippen LogP contribution in [-0.4, -0.2) is 31.7 Å². The highest BCUT2D eigenvalue weighted by atomic mass is 35.5. The minimum atomic E-state index is -3.61. The molecule has 146 valence electrons. The van der Waals surface area contributed by atoms with Crippen molar-refractivity contribution in [1.29, 1.82) is 0 Å². The number of nitrogens with zero attached hydrogens (tertiary/aromatic N) is 1. The van der Waals surface area contributed by atoms with Crippen LogP contribution in [0.3, 0.4) is 0 Å². The molecule has 7 heteroatoms. The maximum Gasteiger partial charge on any atom is 0.251 e. The van der Waals surface area contributed by atoms with E-state index in [2.05, 4.69) is 12.2 Å². The Morgan fingerprint density at radius 2 is 1.70 bits per heavy atom. The second-order valence-corrected chi connectivity index (χ2v) is 9.06. The number of rotatable bonds is 8. The van der Waals surface area contributed by atoms with Crippen LogP contribution >= 0.6 is 11.6 Å². The molecule has 5 nitrogen and oxygen atoms in total. The standard InChI is InChI=1S/C20H25ClN2O3S/c1-4-5-15(2)22-20(24)17-8-6-16(7-9-17)14-23(3)27(25,26)19-12-10-18(21)11-13-19/h6-13,15H,4-5,14H2,1-3H3,(H,22,24)/t15-/m0/s1. The van der Waals surface area contributed by atoms with Gasteiger partial charge in [-0.15, -0.1) is 0 Å². The molecule has 0 unspecified atom stereocenters. The van der Waals surface area contributed by atoms with Crippen molar-refractivity contribution in [1.82, 2.24) is 9.62 Å². The third kappa shape index (κ3) is 5.79. The van der Waals surface area contributed by atoms with Crippen molar-refractivity contribution in [3.63, 3.8) is 0 Å². The lowest BCUT2D eigenvalue weighted by Crippen LogP contribution is -2.32. The van der Waals surface area contributed by atoms with E-state index in [1.165, 1.54) is 23.5 Å². The molecular formula is C20H25ClN2O3S. The Bertz CT molecular complexity index is 865. The first kappa shape index (κ1) is 21.4. The van der Waals surface area contributed by atoms with Crippen LogP contribution in [0.25, 0.3) is 0 Å². The van der Waals surface area contributed by atoms with Crippen molar-refractivity contribution in [2.24, 2.45) is 0 Å². The predicted molar refractivity (Wildman–Crippen MR) is 108 cm³/mol. The topological polar surface area (TPSA) is 66.5 Å². The molecule has 0 aliphatic heterocycles. The van der Waals surface area contributed by atoms with Crippen molar-refractivity contribution in [3.8, 4) is 0 Å². The van der Waals surface area contributed by atoms with Crippen LogP contribution in [0.2, 0.25) is 5.02 Å². The summed E-state index contributed by atoms with van der Waals surface area (Å²) in [7, 11) is -2.08. The largest absolute Gasteiger partial charge is 0.350 e. The summed E-state index contributed by atoms with van der Waals surface area (Å²) in [6.07, 6.45) is 1.94. The van der Waals surface area contributed by atoms with Crippen LogP contribution in [0.5, 0.6) is 0 Å². The van der Waals surface area contributed by atoms with Gasteiger partial charge < -0.3 is 5.32 Å². The molecule has 0 aliphatic carbocycles. The molecular weight excluding hydrogens is 384 g/mol. The van der Waals surface area contributed by atoms with Crippen molar-refractivity contribution in [2.75, 3.05) is 7.05 Å². The molecule has 0 bridgehead atoms. The van der Waals surface area contributed by atoms with Crippen LogP contribution < -0.4 is 5.32 Å². The van der Waals surface area contributed by atoms with E-state index < -0.39 is 10.0 Å². The lowest BCUT2D eigenvalue weighted by atomic mass is 10.1. The van der Waals surface area contributed by atoms with Gasteiger partial charge in [0.05, 0.1) is 4.90 Å². The number of nitrogens with one attached hydrogen (secondary N) is 1. The quantitative estimate of drug-likeness (QED) is 0.715. The number of halogens is 1. The molecule has 0 aliphatic rings. The Kier molecular flexibility index (Phi) is 7.41. The SMILES string of the molecule is CCC[C@H](C)NC(=O)c1ccc(CN(C)S(=O)(=O)c2ccc(Cl)cc2)cc1. The van der Waals surface area contributed by atoms with E-state index in [0.717, 1.165) is 18.4 Å². The second kappa shape index (κ2) is 9.35. The van der Waals surface area contributed by atoms with Gasteiger partial charge >= 0.3 is 0 Å². The van der Waals surface area contributed by atoms with Gasteiger partial charge in [-0.05, 0) is 55.3 Å². The summed E-state index contributed by atoms with van der Waals surface area (Å²) in [6.45, 7) is 4.26. The number of hydrogen-bond acceptors (Lipinski definition) is 3. The number of hydrogen-bond donors (Lipinski definition) is 1. The van der Waals surface area contributed by atoms with Gasteiger partial charge in [0.2, 0.25) is 10.0 Å². The molecule has 0 spiro atoms. The molecule has 0 saturated carbocycles. The highest BCUT2D eigenvalue weighted by Gasteiger charge is 2.21. The highest BCUT2D eigenvalue weighted by Crippen LogP contribution is 2.19.